The van der Waals surface area contributed by atoms with Crippen molar-refractivity contribution in [3.8, 4) is 6.07 Å². The second kappa shape index (κ2) is 14.8. The number of nitriles is 1. The van der Waals surface area contributed by atoms with Crippen LogP contribution in [0.25, 0.3) is 21.1 Å². The van der Waals surface area contributed by atoms with Crippen LogP contribution in [0.5, 0.6) is 0 Å². The maximum atomic E-state index is 13.0. The van der Waals surface area contributed by atoms with Gasteiger partial charge in [0.2, 0.25) is 5.95 Å². The van der Waals surface area contributed by atoms with E-state index in [1.165, 1.54) is 17.2 Å². The Kier molecular flexibility index (Phi) is 11.1. The minimum atomic E-state index is -4.28. The standard InChI is InChI=1S/C31H38F3N9S.CH5P/c1-19(42-11-7-37-8-12-42)17-43-23(16-35)13-25-20(2)21(3-4-27(25)43)18-41-9-5-22(6-10-41)38-28-26-14-24(15-31(32,33)34)44-29(26)40-30(36)39-28;1-2/h3-4,13-14,19,22,37H,5-12,15,17-18H2,1-2H3,(H3,36,38,39,40);2H2,1H3. The Balaban J connectivity index is 0.00000204. The topological polar surface area (TPSA) is 111 Å². The van der Waals surface area contributed by atoms with E-state index < -0.39 is 12.6 Å². The highest BCUT2D eigenvalue weighted by Crippen LogP contribution is 2.34. The van der Waals surface area contributed by atoms with Crippen LogP contribution in [0.2, 0.25) is 0 Å². The molecule has 9 nitrogen and oxygen atoms in total. The summed E-state index contributed by atoms with van der Waals surface area (Å²) in [7, 11) is 2.42. The van der Waals surface area contributed by atoms with E-state index in [0.29, 0.717) is 27.8 Å². The van der Waals surface area contributed by atoms with Crippen LogP contribution in [0.15, 0.2) is 24.3 Å². The summed E-state index contributed by atoms with van der Waals surface area (Å²) in [6.45, 7) is 13.7. The number of anilines is 2. The van der Waals surface area contributed by atoms with Gasteiger partial charge in [-0.1, -0.05) is 12.7 Å². The first-order valence-corrected chi connectivity index (χ1v) is 17.7. The number of fused-ring (bicyclic) bond motifs is 2. The minimum Gasteiger partial charge on any atom is -0.368 e. The van der Waals surface area contributed by atoms with Gasteiger partial charge in [-0.05, 0) is 56.0 Å². The predicted molar refractivity (Wildman–Crippen MR) is 184 cm³/mol. The Morgan fingerprint density at radius 3 is 2.52 bits per heavy atom. The van der Waals surface area contributed by atoms with Gasteiger partial charge in [-0.2, -0.15) is 23.4 Å². The fourth-order valence-electron chi connectivity index (χ4n) is 6.54. The van der Waals surface area contributed by atoms with E-state index in [1.54, 1.807) is 0 Å². The lowest BCUT2D eigenvalue weighted by Crippen LogP contribution is -2.48. The molecule has 46 heavy (non-hydrogen) atoms. The Hall–Kier alpha value is -3.01. The number of nitrogens with one attached hydrogen (secondary N) is 2. The Labute approximate surface area is 274 Å². The molecule has 3 aromatic heterocycles. The van der Waals surface area contributed by atoms with Crippen molar-refractivity contribution in [2.75, 3.05) is 57.0 Å². The molecule has 5 heterocycles. The highest BCUT2D eigenvalue weighted by molar-refractivity contribution is 7.18. The fourth-order valence-corrected chi connectivity index (χ4v) is 7.60. The van der Waals surface area contributed by atoms with Crippen LogP contribution in [-0.2, 0) is 19.5 Å². The Morgan fingerprint density at radius 1 is 1.13 bits per heavy atom. The number of aromatic nitrogens is 3. The third kappa shape index (κ3) is 7.92. The van der Waals surface area contributed by atoms with Gasteiger partial charge in [-0.15, -0.1) is 20.6 Å². The van der Waals surface area contributed by atoms with Crippen LogP contribution in [0.1, 0.15) is 41.5 Å². The van der Waals surface area contributed by atoms with Crippen molar-refractivity contribution >= 4 is 53.5 Å². The van der Waals surface area contributed by atoms with Crippen molar-refractivity contribution in [1.82, 2.24) is 29.7 Å². The number of piperidine rings is 1. The number of hydrogen-bond acceptors (Lipinski definition) is 9. The van der Waals surface area contributed by atoms with E-state index in [9.17, 15) is 18.4 Å². The van der Waals surface area contributed by atoms with Crippen LogP contribution in [0.4, 0.5) is 24.9 Å². The van der Waals surface area contributed by atoms with Gasteiger partial charge >= 0.3 is 6.18 Å². The molecule has 0 saturated carbocycles. The van der Waals surface area contributed by atoms with Gasteiger partial charge in [-0.25, -0.2) is 4.98 Å². The minimum absolute atomic E-state index is 0.0513. The number of alkyl halides is 3. The number of likely N-dealkylation sites (tertiary alicyclic amines) is 1. The third-order valence-corrected chi connectivity index (χ3v) is 9.99. The molecule has 248 valence electrons. The molecule has 2 atom stereocenters. The average Bonchev–Trinajstić information content (AvgIpc) is 3.60. The van der Waals surface area contributed by atoms with E-state index in [1.807, 2.05) is 12.7 Å². The largest absolute Gasteiger partial charge is 0.393 e. The summed E-state index contributed by atoms with van der Waals surface area (Å²) in [6.07, 6.45) is -3.54. The van der Waals surface area contributed by atoms with Gasteiger partial charge in [0.1, 0.15) is 22.4 Å². The number of nitrogen functional groups attached to an aromatic ring is 1. The van der Waals surface area contributed by atoms with Crippen molar-refractivity contribution in [2.45, 2.75) is 64.5 Å². The van der Waals surface area contributed by atoms with Crippen molar-refractivity contribution in [3.63, 3.8) is 0 Å². The Morgan fingerprint density at radius 2 is 1.85 bits per heavy atom. The van der Waals surface area contributed by atoms with Crippen LogP contribution in [0.3, 0.4) is 0 Å². The zero-order chi connectivity index (χ0) is 33.0. The number of nitrogens with two attached hydrogens (primary N) is 1. The lowest BCUT2D eigenvalue weighted by atomic mass is 10.0. The number of rotatable bonds is 8. The monoisotopic (exact) mass is 673 g/mol. The number of halogens is 3. The second-order valence-electron chi connectivity index (χ2n) is 12.0. The first-order chi connectivity index (χ1) is 22.1. The summed E-state index contributed by atoms with van der Waals surface area (Å²) in [5.41, 5.74) is 10.2. The van der Waals surface area contributed by atoms with Gasteiger partial charge in [0, 0.05) is 80.2 Å². The molecule has 1 aromatic carbocycles. The van der Waals surface area contributed by atoms with Crippen LogP contribution >= 0.6 is 20.6 Å². The third-order valence-electron chi connectivity index (χ3n) is 8.96. The maximum absolute atomic E-state index is 13.0. The number of thiophene rings is 1. The molecular weight excluding hydrogens is 630 g/mol. The van der Waals surface area contributed by atoms with Crippen LogP contribution in [0, 0.1) is 18.3 Å². The molecule has 4 aromatic rings. The number of hydrogen-bond donors (Lipinski definition) is 3. The number of nitrogens with zero attached hydrogens (tertiary/aromatic N) is 6. The molecule has 4 N–H and O–H groups in total. The number of aryl methyl sites for hydroxylation is 1. The molecule has 6 rings (SSSR count). The van der Waals surface area contributed by atoms with E-state index in [-0.39, 0.29) is 16.9 Å². The molecule has 14 heteroatoms. The number of benzene rings is 1. The van der Waals surface area contributed by atoms with Crippen molar-refractivity contribution < 1.29 is 13.2 Å². The highest BCUT2D eigenvalue weighted by Gasteiger charge is 2.30. The molecule has 0 aliphatic carbocycles. The average molecular weight is 674 g/mol. The van der Waals surface area contributed by atoms with E-state index in [2.05, 4.69) is 76.3 Å². The lowest BCUT2D eigenvalue weighted by molar-refractivity contribution is -0.126. The molecule has 2 fully saturated rings. The highest BCUT2D eigenvalue weighted by atomic mass is 32.1. The van der Waals surface area contributed by atoms with E-state index in [0.717, 1.165) is 87.4 Å². The first kappa shape index (κ1) is 34.3. The van der Waals surface area contributed by atoms with Gasteiger partial charge in [0.15, 0.2) is 0 Å². The normalized spacial score (nSPS) is 17.5. The smallest absolute Gasteiger partial charge is 0.368 e. The summed E-state index contributed by atoms with van der Waals surface area (Å²) in [5.74, 6) is 0.552. The molecule has 0 radical (unpaired) electrons. The lowest BCUT2D eigenvalue weighted by Gasteiger charge is -2.33. The van der Waals surface area contributed by atoms with Crippen LogP contribution in [-0.4, -0.2) is 88.5 Å². The van der Waals surface area contributed by atoms with Crippen molar-refractivity contribution in [1.29, 1.82) is 5.26 Å². The van der Waals surface area contributed by atoms with Crippen molar-refractivity contribution in [3.05, 3.63) is 46.0 Å². The predicted octanol–water partition coefficient (Wildman–Crippen LogP) is 5.37. The maximum Gasteiger partial charge on any atom is 0.393 e. The summed E-state index contributed by atoms with van der Waals surface area (Å²) in [6, 6.07) is 10.8. The zero-order valence-electron chi connectivity index (χ0n) is 26.6. The van der Waals surface area contributed by atoms with Gasteiger partial charge in [-0.3, -0.25) is 9.80 Å². The van der Waals surface area contributed by atoms with E-state index in [4.69, 9.17) is 5.73 Å². The molecule has 2 aliphatic heterocycles. The second-order valence-corrected chi connectivity index (χ2v) is 13.1. The SMILES string of the molecule is CP.Cc1c(CN2CCC(Nc3nc(N)nc4sc(CC(F)(F)F)cc34)CC2)ccc2c1cc(C#N)n2CC(C)N1CCNCC1. The molecule has 2 saturated heterocycles. The number of piperazine rings is 1. The summed E-state index contributed by atoms with van der Waals surface area (Å²) >= 11 is 1.01. The molecule has 0 bridgehead atoms. The molecular formula is C32H43F3N9PS. The zero-order valence-corrected chi connectivity index (χ0v) is 28.6. The fraction of sp³-hybridized carbons (Fsp3) is 0.531. The molecule has 0 spiro atoms. The Bertz CT molecular complexity index is 1680. The molecule has 2 aliphatic rings. The summed E-state index contributed by atoms with van der Waals surface area (Å²) in [5, 5.41) is 18.5. The summed E-state index contributed by atoms with van der Waals surface area (Å²) < 4.78 is 41.1. The van der Waals surface area contributed by atoms with Gasteiger partial charge < -0.3 is 20.9 Å². The summed E-state index contributed by atoms with van der Waals surface area (Å²) in [4.78, 5) is 14.1. The van der Waals surface area contributed by atoms with E-state index >= 15 is 0 Å². The van der Waals surface area contributed by atoms with Crippen molar-refractivity contribution in [2.24, 2.45) is 0 Å². The quantitative estimate of drug-likeness (QED) is 0.214. The first-order valence-electron chi connectivity index (χ1n) is 15.7. The van der Waals surface area contributed by atoms with Gasteiger partial charge in [0.05, 0.1) is 11.8 Å². The van der Waals surface area contributed by atoms with Crippen LogP contribution < -0.4 is 16.4 Å². The molecule has 0 amide bonds. The molecule has 2 unspecified atom stereocenters. The van der Waals surface area contributed by atoms with Gasteiger partial charge in [0.25, 0.3) is 0 Å².